The predicted molar refractivity (Wildman–Crippen MR) is 93.8 cm³/mol. The Balaban J connectivity index is 1.79. The van der Waals surface area contributed by atoms with Gasteiger partial charge in [0.15, 0.2) is 0 Å². The summed E-state index contributed by atoms with van der Waals surface area (Å²) in [6.45, 7) is 0. The van der Waals surface area contributed by atoms with Crippen LogP contribution >= 0.6 is 27.7 Å². The van der Waals surface area contributed by atoms with Gasteiger partial charge in [0, 0.05) is 15.1 Å². The molecule has 0 aromatic heterocycles. The molecule has 21 heavy (non-hydrogen) atoms. The topological polar surface area (TPSA) is 20.2 Å². The van der Waals surface area contributed by atoms with Crippen LogP contribution in [0, 0.1) is 0 Å². The molecule has 3 rings (SSSR count). The summed E-state index contributed by atoms with van der Waals surface area (Å²) in [5.41, 5.74) is 0.996. The lowest BCUT2D eigenvalue weighted by atomic mass is 10.0. The minimum atomic E-state index is -0.472. The zero-order valence-corrected chi connectivity index (χ0v) is 13.8. The molecule has 1 nitrogen and oxygen atoms in total. The average molecular weight is 359 g/mol. The summed E-state index contributed by atoms with van der Waals surface area (Å²) in [6.07, 6.45) is -0.472. The van der Waals surface area contributed by atoms with Crippen LogP contribution in [-0.2, 0) is 0 Å². The van der Waals surface area contributed by atoms with Gasteiger partial charge >= 0.3 is 0 Å². The molecule has 0 aliphatic carbocycles. The maximum atomic E-state index is 10.5. The fourth-order valence-corrected chi connectivity index (χ4v) is 3.83. The second kappa shape index (κ2) is 6.65. The van der Waals surface area contributed by atoms with Gasteiger partial charge in [-0.05, 0) is 34.5 Å². The fourth-order valence-electron chi connectivity index (χ4n) is 2.36. The van der Waals surface area contributed by atoms with Gasteiger partial charge in [-0.1, -0.05) is 64.5 Å². The van der Waals surface area contributed by atoms with E-state index >= 15 is 0 Å². The molecular weight excluding hydrogens is 344 g/mol. The number of aliphatic hydroxyl groups is 1. The molecule has 0 radical (unpaired) electrons. The Kier molecular flexibility index (Phi) is 4.63. The molecule has 3 aromatic rings. The lowest BCUT2D eigenvalue weighted by Crippen LogP contribution is -2.01. The SMILES string of the molecule is OC(CSc1cccc(Br)c1)c1cccc2ccccc12. The van der Waals surface area contributed by atoms with Gasteiger partial charge in [0.2, 0.25) is 0 Å². The minimum Gasteiger partial charge on any atom is -0.388 e. The first kappa shape index (κ1) is 14.6. The summed E-state index contributed by atoms with van der Waals surface area (Å²) >= 11 is 5.14. The molecule has 0 aliphatic heterocycles. The third-order valence-electron chi connectivity index (χ3n) is 3.39. The van der Waals surface area contributed by atoms with Crippen molar-refractivity contribution in [1.29, 1.82) is 0 Å². The van der Waals surface area contributed by atoms with Crippen molar-refractivity contribution < 1.29 is 5.11 Å². The van der Waals surface area contributed by atoms with Gasteiger partial charge < -0.3 is 5.11 Å². The lowest BCUT2D eigenvalue weighted by molar-refractivity contribution is 0.205. The molecular formula is C18H15BrOS. The van der Waals surface area contributed by atoms with Crippen LogP contribution in [0.5, 0.6) is 0 Å². The first-order valence-electron chi connectivity index (χ1n) is 6.78. The maximum Gasteiger partial charge on any atom is 0.0889 e. The summed E-state index contributed by atoms with van der Waals surface area (Å²) in [5.74, 6) is 0.643. The average Bonchev–Trinajstić information content (AvgIpc) is 2.52. The van der Waals surface area contributed by atoms with E-state index in [-0.39, 0.29) is 0 Å². The number of hydrogen-bond donors (Lipinski definition) is 1. The van der Waals surface area contributed by atoms with Crippen molar-refractivity contribution in [2.45, 2.75) is 11.0 Å². The van der Waals surface area contributed by atoms with Crippen LogP contribution in [0.15, 0.2) is 76.1 Å². The highest BCUT2D eigenvalue weighted by Gasteiger charge is 2.11. The molecule has 0 bridgehead atoms. The Bertz CT molecular complexity index is 752. The van der Waals surface area contributed by atoms with Crippen molar-refractivity contribution in [2.75, 3.05) is 5.75 Å². The minimum absolute atomic E-state index is 0.472. The number of halogens is 1. The molecule has 0 fully saturated rings. The monoisotopic (exact) mass is 358 g/mol. The van der Waals surface area contributed by atoms with Crippen molar-refractivity contribution in [2.24, 2.45) is 0 Å². The molecule has 3 aromatic carbocycles. The normalized spacial score (nSPS) is 12.5. The summed E-state index contributed by atoms with van der Waals surface area (Å²) in [6, 6.07) is 22.4. The molecule has 0 saturated carbocycles. The number of rotatable bonds is 4. The van der Waals surface area contributed by atoms with Crippen molar-refractivity contribution in [3.8, 4) is 0 Å². The smallest absolute Gasteiger partial charge is 0.0889 e. The highest BCUT2D eigenvalue weighted by atomic mass is 79.9. The first-order valence-corrected chi connectivity index (χ1v) is 8.56. The zero-order valence-electron chi connectivity index (χ0n) is 11.4. The number of fused-ring (bicyclic) bond motifs is 1. The summed E-state index contributed by atoms with van der Waals surface area (Å²) in [5, 5.41) is 12.8. The summed E-state index contributed by atoms with van der Waals surface area (Å²) < 4.78 is 1.06. The van der Waals surface area contributed by atoms with E-state index in [4.69, 9.17) is 0 Å². The van der Waals surface area contributed by atoms with E-state index in [0.717, 1.165) is 20.3 Å². The van der Waals surface area contributed by atoms with E-state index in [0.29, 0.717) is 5.75 Å². The van der Waals surface area contributed by atoms with Crippen LogP contribution in [0.3, 0.4) is 0 Å². The van der Waals surface area contributed by atoms with Gasteiger partial charge in [0.25, 0.3) is 0 Å². The first-order chi connectivity index (χ1) is 10.2. The van der Waals surface area contributed by atoms with E-state index in [1.807, 2.05) is 36.4 Å². The van der Waals surface area contributed by atoms with Crippen LogP contribution in [0.1, 0.15) is 11.7 Å². The number of thioether (sulfide) groups is 1. The highest BCUT2D eigenvalue weighted by molar-refractivity contribution is 9.10. The Hall–Kier alpha value is -1.29. The van der Waals surface area contributed by atoms with Crippen molar-refractivity contribution >= 4 is 38.5 Å². The lowest BCUT2D eigenvalue weighted by Gasteiger charge is -2.13. The van der Waals surface area contributed by atoms with E-state index in [1.54, 1.807) is 11.8 Å². The van der Waals surface area contributed by atoms with Crippen LogP contribution in [0.2, 0.25) is 0 Å². The van der Waals surface area contributed by atoms with Crippen molar-refractivity contribution in [3.05, 3.63) is 76.8 Å². The molecule has 0 heterocycles. The quantitative estimate of drug-likeness (QED) is 0.627. The van der Waals surface area contributed by atoms with Crippen molar-refractivity contribution in [3.63, 3.8) is 0 Å². The Morgan fingerprint density at radius 1 is 0.952 bits per heavy atom. The van der Waals surface area contributed by atoms with Gasteiger partial charge in [0.1, 0.15) is 0 Å². The molecule has 1 N–H and O–H groups in total. The molecule has 0 saturated heterocycles. The molecule has 0 amide bonds. The Labute approximate surface area is 137 Å². The van der Waals surface area contributed by atoms with E-state index < -0.39 is 6.10 Å². The summed E-state index contributed by atoms with van der Waals surface area (Å²) in [4.78, 5) is 1.16. The van der Waals surface area contributed by atoms with Gasteiger partial charge in [-0.3, -0.25) is 0 Å². The van der Waals surface area contributed by atoms with Crippen LogP contribution in [0.4, 0.5) is 0 Å². The molecule has 3 heteroatoms. The van der Waals surface area contributed by atoms with E-state index in [1.165, 1.54) is 5.39 Å². The molecule has 106 valence electrons. The second-order valence-corrected chi connectivity index (χ2v) is 6.86. The predicted octanol–water partition coefficient (Wildman–Crippen LogP) is 5.43. The van der Waals surface area contributed by atoms with E-state index in [2.05, 4.69) is 46.3 Å². The van der Waals surface area contributed by atoms with Crippen LogP contribution < -0.4 is 0 Å². The van der Waals surface area contributed by atoms with Crippen LogP contribution in [-0.4, -0.2) is 10.9 Å². The standard InChI is InChI=1S/C18H15BrOS/c19-14-7-4-8-15(11-14)21-12-18(20)17-10-3-6-13-5-1-2-9-16(13)17/h1-11,18,20H,12H2. The van der Waals surface area contributed by atoms with Gasteiger partial charge in [0.05, 0.1) is 6.10 Å². The Morgan fingerprint density at radius 2 is 1.71 bits per heavy atom. The molecule has 0 aliphatic rings. The number of hydrogen-bond acceptors (Lipinski definition) is 2. The van der Waals surface area contributed by atoms with Gasteiger partial charge in [-0.15, -0.1) is 11.8 Å². The van der Waals surface area contributed by atoms with Crippen molar-refractivity contribution in [1.82, 2.24) is 0 Å². The third kappa shape index (κ3) is 3.49. The second-order valence-electron chi connectivity index (χ2n) is 4.85. The molecule has 1 unspecified atom stereocenters. The third-order valence-corrected chi connectivity index (χ3v) is 4.95. The van der Waals surface area contributed by atoms with Crippen LogP contribution in [0.25, 0.3) is 10.8 Å². The highest BCUT2D eigenvalue weighted by Crippen LogP contribution is 2.30. The van der Waals surface area contributed by atoms with Gasteiger partial charge in [-0.25, -0.2) is 0 Å². The molecule has 0 spiro atoms. The summed E-state index contributed by atoms with van der Waals surface area (Å²) in [7, 11) is 0. The van der Waals surface area contributed by atoms with E-state index in [9.17, 15) is 5.11 Å². The van der Waals surface area contributed by atoms with Gasteiger partial charge in [-0.2, -0.15) is 0 Å². The fraction of sp³-hybridized carbons (Fsp3) is 0.111. The zero-order chi connectivity index (χ0) is 14.7. The molecule has 1 atom stereocenters. The maximum absolute atomic E-state index is 10.5. The number of benzene rings is 3. The Morgan fingerprint density at radius 3 is 2.57 bits per heavy atom. The largest absolute Gasteiger partial charge is 0.388 e. The number of aliphatic hydroxyl groups excluding tert-OH is 1.